The van der Waals surface area contributed by atoms with E-state index in [9.17, 15) is 13.6 Å². The van der Waals surface area contributed by atoms with E-state index >= 15 is 0 Å². The zero-order valence-corrected chi connectivity index (χ0v) is 11.5. The fraction of sp³-hybridized carbons (Fsp3) is 0.188. The Morgan fingerprint density at radius 3 is 2.48 bits per heavy atom. The van der Waals surface area contributed by atoms with Gasteiger partial charge in [0.1, 0.15) is 11.6 Å². The molecule has 21 heavy (non-hydrogen) atoms. The maximum absolute atomic E-state index is 13.8. The minimum absolute atomic E-state index is 0.0102. The molecule has 0 radical (unpaired) electrons. The molecule has 5 heteroatoms. The molecule has 0 saturated heterocycles. The first kappa shape index (κ1) is 15.0. The molecule has 1 N–H and O–H groups in total. The highest BCUT2D eigenvalue weighted by Gasteiger charge is 2.14. The Kier molecular flexibility index (Phi) is 4.52. The second-order valence-corrected chi connectivity index (χ2v) is 4.58. The lowest BCUT2D eigenvalue weighted by Crippen LogP contribution is -2.23. The highest BCUT2D eigenvalue weighted by molar-refractivity contribution is 5.87. The van der Waals surface area contributed by atoms with Gasteiger partial charge in [0.25, 0.3) is 0 Å². The average Bonchev–Trinajstić information content (AvgIpc) is 2.47. The third kappa shape index (κ3) is 3.37. The maximum Gasteiger partial charge on any atom is 0.335 e. The molecule has 0 saturated carbocycles. The Bertz CT molecular complexity index is 658. The van der Waals surface area contributed by atoms with Crippen molar-refractivity contribution in [3.63, 3.8) is 0 Å². The summed E-state index contributed by atoms with van der Waals surface area (Å²) >= 11 is 0. The molecule has 2 aromatic carbocycles. The van der Waals surface area contributed by atoms with Gasteiger partial charge in [-0.2, -0.15) is 0 Å². The van der Waals surface area contributed by atoms with Crippen molar-refractivity contribution in [2.24, 2.45) is 0 Å². The Hall–Kier alpha value is -2.43. The van der Waals surface area contributed by atoms with Crippen LogP contribution in [0.25, 0.3) is 0 Å². The van der Waals surface area contributed by atoms with Gasteiger partial charge in [0.05, 0.1) is 11.3 Å². The molecule has 0 bridgehead atoms. The Balaban J connectivity index is 2.33. The van der Waals surface area contributed by atoms with Gasteiger partial charge in [0.2, 0.25) is 0 Å². The number of carboxylic acid groups (broad SMARTS) is 1. The maximum atomic E-state index is 13.8. The van der Waals surface area contributed by atoms with Gasteiger partial charge in [-0.05, 0) is 37.3 Å². The van der Waals surface area contributed by atoms with Crippen molar-refractivity contribution in [2.45, 2.75) is 13.5 Å². The molecule has 0 aliphatic rings. The van der Waals surface area contributed by atoms with E-state index in [1.54, 1.807) is 23.1 Å². The van der Waals surface area contributed by atoms with E-state index < -0.39 is 17.6 Å². The standard InChI is InChI=1S/C16H15F2NO2/c1-2-19(15-6-4-3-5-14(15)18)10-12-9-11(16(20)21)7-8-13(12)17/h3-9H,2,10H2,1H3,(H,20,21). The summed E-state index contributed by atoms with van der Waals surface area (Å²) < 4.78 is 27.6. The minimum atomic E-state index is -1.12. The quantitative estimate of drug-likeness (QED) is 0.913. The van der Waals surface area contributed by atoms with Gasteiger partial charge in [-0.25, -0.2) is 13.6 Å². The van der Waals surface area contributed by atoms with Gasteiger partial charge in [0, 0.05) is 18.7 Å². The second-order valence-electron chi connectivity index (χ2n) is 4.58. The molecule has 0 aromatic heterocycles. The van der Waals surface area contributed by atoms with E-state index in [-0.39, 0.29) is 17.7 Å². The molecular formula is C16H15F2NO2. The minimum Gasteiger partial charge on any atom is -0.478 e. The molecule has 0 atom stereocenters. The third-order valence-corrected chi connectivity index (χ3v) is 3.23. The molecule has 0 unspecified atom stereocenters. The number of benzene rings is 2. The first-order chi connectivity index (χ1) is 10.0. The molecule has 0 amide bonds. The number of halogens is 2. The lowest BCUT2D eigenvalue weighted by Gasteiger charge is -2.24. The fourth-order valence-corrected chi connectivity index (χ4v) is 2.11. The SMILES string of the molecule is CCN(Cc1cc(C(=O)O)ccc1F)c1ccccc1F. The van der Waals surface area contributed by atoms with Crippen molar-refractivity contribution in [3.8, 4) is 0 Å². The Morgan fingerprint density at radius 1 is 1.14 bits per heavy atom. The summed E-state index contributed by atoms with van der Waals surface area (Å²) in [6.07, 6.45) is 0. The van der Waals surface area contributed by atoms with Crippen LogP contribution in [0.2, 0.25) is 0 Å². The summed E-state index contributed by atoms with van der Waals surface area (Å²) in [6, 6.07) is 9.83. The predicted octanol–water partition coefficient (Wildman–Crippen LogP) is 3.69. The highest BCUT2D eigenvalue weighted by Crippen LogP contribution is 2.22. The fourth-order valence-electron chi connectivity index (χ4n) is 2.11. The van der Waals surface area contributed by atoms with Crippen LogP contribution in [-0.4, -0.2) is 17.6 Å². The summed E-state index contributed by atoms with van der Waals surface area (Å²) in [7, 11) is 0. The van der Waals surface area contributed by atoms with E-state index in [2.05, 4.69) is 0 Å². The van der Waals surface area contributed by atoms with E-state index in [1.807, 2.05) is 6.92 Å². The van der Waals surface area contributed by atoms with Gasteiger partial charge in [-0.3, -0.25) is 0 Å². The lowest BCUT2D eigenvalue weighted by molar-refractivity contribution is 0.0696. The molecule has 0 fully saturated rings. The number of nitrogens with zero attached hydrogens (tertiary/aromatic N) is 1. The highest BCUT2D eigenvalue weighted by atomic mass is 19.1. The van der Waals surface area contributed by atoms with Crippen molar-refractivity contribution < 1.29 is 18.7 Å². The molecule has 2 rings (SSSR count). The topological polar surface area (TPSA) is 40.5 Å². The van der Waals surface area contributed by atoms with Gasteiger partial charge >= 0.3 is 5.97 Å². The summed E-state index contributed by atoms with van der Waals surface area (Å²) in [5.41, 5.74) is 0.594. The van der Waals surface area contributed by atoms with Crippen LogP contribution in [0.1, 0.15) is 22.8 Å². The predicted molar refractivity (Wildman–Crippen MR) is 76.5 cm³/mol. The van der Waals surface area contributed by atoms with Gasteiger partial charge in [-0.15, -0.1) is 0 Å². The number of carboxylic acids is 1. The molecule has 3 nitrogen and oxygen atoms in total. The van der Waals surface area contributed by atoms with Gasteiger partial charge in [-0.1, -0.05) is 12.1 Å². The molecule has 0 heterocycles. The summed E-state index contributed by atoms with van der Waals surface area (Å²) in [5.74, 6) is -2.02. The molecule has 0 spiro atoms. The van der Waals surface area contributed by atoms with Crippen molar-refractivity contribution in [1.82, 2.24) is 0 Å². The van der Waals surface area contributed by atoms with Crippen molar-refractivity contribution in [3.05, 3.63) is 65.2 Å². The third-order valence-electron chi connectivity index (χ3n) is 3.23. The zero-order valence-electron chi connectivity index (χ0n) is 11.5. The smallest absolute Gasteiger partial charge is 0.335 e. The lowest BCUT2D eigenvalue weighted by atomic mass is 10.1. The monoisotopic (exact) mass is 291 g/mol. The normalized spacial score (nSPS) is 10.4. The van der Waals surface area contributed by atoms with E-state index in [4.69, 9.17) is 5.11 Å². The van der Waals surface area contributed by atoms with Gasteiger partial charge in [0.15, 0.2) is 0 Å². The first-order valence-electron chi connectivity index (χ1n) is 6.54. The average molecular weight is 291 g/mol. The van der Waals surface area contributed by atoms with Crippen LogP contribution < -0.4 is 4.90 Å². The molecule has 110 valence electrons. The van der Waals surface area contributed by atoms with Crippen LogP contribution in [0.5, 0.6) is 0 Å². The first-order valence-corrected chi connectivity index (χ1v) is 6.54. The number of carbonyl (C=O) groups is 1. The zero-order chi connectivity index (χ0) is 15.4. The van der Waals surface area contributed by atoms with Crippen LogP contribution in [0.4, 0.5) is 14.5 Å². The Labute approximate surface area is 121 Å². The second kappa shape index (κ2) is 6.35. The summed E-state index contributed by atoms with van der Waals surface area (Å²) in [5, 5.41) is 8.96. The van der Waals surface area contributed by atoms with Crippen LogP contribution in [0.15, 0.2) is 42.5 Å². The number of aromatic carboxylic acids is 1. The Morgan fingerprint density at radius 2 is 1.86 bits per heavy atom. The van der Waals surface area contributed by atoms with Crippen LogP contribution in [0.3, 0.4) is 0 Å². The summed E-state index contributed by atoms with van der Waals surface area (Å²) in [4.78, 5) is 12.6. The molecular weight excluding hydrogens is 276 g/mol. The van der Waals surface area contributed by atoms with Crippen LogP contribution >= 0.6 is 0 Å². The largest absolute Gasteiger partial charge is 0.478 e. The van der Waals surface area contributed by atoms with Crippen molar-refractivity contribution in [1.29, 1.82) is 0 Å². The summed E-state index contributed by atoms with van der Waals surface area (Å²) in [6.45, 7) is 2.40. The van der Waals surface area contributed by atoms with Gasteiger partial charge < -0.3 is 10.0 Å². The molecule has 0 aliphatic carbocycles. The van der Waals surface area contributed by atoms with Crippen LogP contribution in [-0.2, 0) is 6.54 Å². The van der Waals surface area contributed by atoms with E-state index in [1.165, 1.54) is 18.2 Å². The number of anilines is 1. The number of hydrogen-bond acceptors (Lipinski definition) is 2. The number of para-hydroxylation sites is 1. The number of hydrogen-bond donors (Lipinski definition) is 1. The van der Waals surface area contributed by atoms with Crippen LogP contribution in [0, 0.1) is 11.6 Å². The van der Waals surface area contributed by atoms with E-state index in [0.717, 1.165) is 6.07 Å². The van der Waals surface area contributed by atoms with Crippen molar-refractivity contribution in [2.75, 3.05) is 11.4 Å². The number of rotatable bonds is 5. The van der Waals surface area contributed by atoms with Crippen molar-refractivity contribution >= 4 is 11.7 Å². The van der Waals surface area contributed by atoms with E-state index in [0.29, 0.717) is 12.2 Å². The molecule has 2 aromatic rings. The molecule has 0 aliphatic heterocycles.